The number of nitrogens with one attached hydrogen (secondary N) is 1. The highest BCUT2D eigenvalue weighted by Gasteiger charge is 2.54. The first-order valence-electron chi connectivity index (χ1n) is 5.04. The van der Waals surface area contributed by atoms with Crippen LogP contribution in [-0.2, 0) is 14.3 Å². The van der Waals surface area contributed by atoms with Gasteiger partial charge in [-0.2, -0.15) is 13.2 Å². The van der Waals surface area contributed by atoms with Crippen molar-refractivity contribution in [2.75, 3.05) is 19.7 Å². The van der Waals surface area contributed by atoms with E-state index in [4.69, 9.17) is 4.74 Å². The number of esters is 1. The van der Waals surface area contributed by atoms with Crippen LogP contribution in [0.3, 0.4) is 0 Å². The number of ether oxygens (including phenoxy) is 2. The van der Waals surface area contributed by atoms with Crippen molar-refractivity contribution in [1.29, 1.82) is 0 Å². The van der Waals surface area contributed by atoms with Crippen LogP contribution in [0.15, 0.2) is 0 Å². The summed E-state index contributed by atoms with van der Waals surface area (Å²) in [6.45, 7) is 1.79. The van der Waals surface area contributed by atoms with Crippen molar-refractivity contribution in [1.82, 2.24) is 5.32 Å². The van der Waals surface area contributed by atoms with Crippen molar-refractivity contribution in [3.63, 3.8) is 0 Å². The Morgan fingerprint density at radius 3 is 2.44 bits per heavy atom. The van der Waals surface area contributed by atoms with Gasteiger partial charge in [0, 0.05) is 0 Å². The largest absolute Gasteiger partial charge is 0.491 e. The average Bonchev–Trinajstić information content (AvgIpc) is 2.24. The van der Waals surface area contributed by atoms with Gasteiger partial charge < -0.3 is 14.8 Å². The molecular weight excluding hydrogens is 227 g/mol. The van der Waals surface area contributed by atoms with Gasteiger partial charge >= 0.3 is 12.1 Å². The van der Waals surface area contributed by atoms with Gasteiger partial charge in [0.1, 0.15) is 0 Å². The van der Waals surface area contributed by atoms with Gasteiger partial charge in [0.2, 0.25) is 6.29 Å². The quantitative estimate of drug-likeness (QED) is 0.688. The van der Waals surface area contributed by atoms with Gasteiger partial charge in [0.25, 0.3) is 0 Å². The molecule has 0 aromatic rings. The Kier molecular flexibility index (Phi) is 2.83. The van der Waals surface area contributed by atoms with Crippen LogP contribution >= 0.6 is 0 Å². The second-order valence-electron chi connectivity index (χ2n) is 4.16. The number of alkyl halides is 3. The summed E-state index contributed by atoms with van der Waals surface area (Å²) in [5, 5.41) is 3.09. The van der Waals surface area contributed by atoms with E-state index in [0.29, 0.717) is 32.5 Å². The van der Waals surface area contributed by atoms with Gasteiger partial charge in [-0.05, 0) is 25.9 Å². The second-order valence-corrected chi connectivity index (χ2v) is 4.16. The molecule has 0 aromatic heterocycles. The Balaban J connectivity index is 1.93. The summed E-state index contributed by atoms with van der Waals surface area (Å²) >= 11 is 0. The highest BCUT2D eigenvalue weighted by atomic mass is 19.4. The molecule has 2 rings (SSSR count). The fourth-order valence-corrected chi connectivity index (χ4v) is 2.01. The molecule has 0 aliphatic carbocycles. The van der Waals surface area contributed by atoms with Gasteiger partial charge in [0.05, 0.1) is 12.0 Å². The van der Waals surface area contributed by atoms with Crippen LogP contribution in [-0.4, -0.2) is 38.1 Å². The van der Waals surface area contributed by atoms with Crippen molar-refractivity contribution in [2.45, 2.75) is 25.3 Å². The maximum Gasteiger partial charge on any atom is 0.491 e. The zero-order valence-corrected chi connectivity index (χ0v) is 8.47. The molecule has 2 saturated heterocycles. The predicted molar refractivity (Wildman–Crippen MR) is 46.4 cm³/mol. The summed E-state index contributed by atoms with van der Waals surface area (Å²) in [6, 6.07) is 0. The van der Waals surface area contributed by atoms with Crippen LogP contribution in [0.1, 0.15) is 12.8 Å². The number of piperidine rings is 1. The summed E-state index contributed by atoms with van der Waals surface area (Å²) < 4.78 is 45.2. The first kappa shape index (κ1) is 11.7. The number of halogens is 3. The zero-order valence-electron chi connectivity index (χ0n) is 8.47. The summed E-state index contributed by atoms with van der Waals surface area (Å²) in [4.78, 5) is 10.7. The van der Waals surface area contributed by atoms with Gasteiger partial charge in [0.15, 0.2) is 0 Å². The molecule has 16 heavy (non-hydrogen) atoms. The third-order valence-corrected chi connectivity index (χ3v) is 3.07. The smallest absolute Gasteiger partial charge is 0.428 e. The predicted octanol–water partition coefficient (Wildman–Crippen LogP) is 0.818. The first-order chi connectivity index (χ1) is 7.44. The first-order valence-corrected chi connectivity index (χ1v) is 5.04. The monoisotopic (exact) mass is 239 g/mol. The van der Waals surface area contributed by atoms with Crippen molar-refractivity contribution in [3.05, 3.63) is 0 Å². The molecule has 0 radical (unpaired) electrons. The molecule has 1 spiro atoms. The van der Waals surface area contributed by atoms with E-state index >= 15 is 0 Å². The van der Waals surface area contributed by atoms with Crippen molar-refractivity contribution < 1.29 is 27.4 Å². The lowest BCUT2D eigenvalue weighted by atomic mass is 9.75. The van der Waals surface area contributed by atoms with Crippen molar-refractivity contribution >= 4 is 5.97 Å². The van der Waals surface area contributed by atoms with Crippen LogP contribution in [0.5, 0.6) is 0 Å². The maximum absolute atomic E-state index is 12.0. The van der Waals surface area contributed by atoms with Crippen LogP contribution < -0.4 is 5.32 Å². The summed E-state index contributed by atoms with van der Waals surface area (Å²) in [7, 11) is 0. The van der Waals surface area contributed by atoms with E-state index in [1.165, 1.54) is 0 Å². The van der Waals surface area contributed by atoms with E-state index in [-0.39, 0.29) is 0 Å². The molecule has 4 nitrogen and oxygen atoms in total. The van der Waals surface area contributed by atoms with E-state index in [1.807, 2.05) is 0 Å². The number of hydrogen-bond acceptors (Lipinski definition) is 4. The Bertz CT molecular complexity index is 286. The summed E-state index contributed by atoms with van der Waals surface area (Å²) in [6.07, 6.45) is -4.65. The summed E-state index contributed by atoms with van der Waals surface area (Å²) in [5.74, 6) is -2.17. The minimum absolute atomic E-state index is 0.366. The van der Waals surface area contributed by atoms with Crippen molar-refractivity contribution in [2.24, 2.45) is 5.41 Å². The fraction of sp³-hybridized carbons (Fsp3) is 0.889. The highest BCUT2D eigenvalue weighted by Crippen LogP contribution is 2.43. The topological polar surface area (TPSA) is 47.6 Å². The highest BCUT2D eigenvalue weighted by molar-refractivity contribution is 5.75. The van der Waals surface area contributed by atoms with Crippen LogP contribution in [0, 0.1) is 5.41 Å². The van der Waals surface area contributed by atoms with Crippen LogP contribution in [0.25, 0.3) is 0 Å². The molecular formula is C9H12F3NO3. The standard InChI is InChI=1S/C9H12F3NO3/c10-9(11,12)6(14)16-7-8(5-15-7)1-3-13-4-2-8/h7,13H,1-5H2. The molecule has 1 unspecified atom stereocenters. The normalized spacial score (nSPS) is 28.6. The van der Waals surface area contributed by atoms with Gasteiger partial charge in [-0.3, -0.25) is 0 Å². The molecule has 2 fully saturated rings. The number of carbonyl (C=O) groups excluding carboxylic acids is 1. The van der Waals surface area contributed by atoms with E-state index < -0.39 is 23.9 Å². The maximum atomic E-state index is 12.0. The lowest BCUT2D eigenvalue weighted by Crippen LogP contribution is -2.59. The fourth-order valence-electron chi connectivity index (χ4n) is 2.01. The van der Waals surface area contributed by atoms with Crippen LogP contribution in [0.2, 0.25) is 0 Å². The minimum atomic E-state index is -4.95. The third-order valence-electron chi connectivity index (χ3n) is 3.07. The Hall–Kier alpha value is -0.820. The zero-order chi connectivity index (χ0) is 11.8. The molecule has 92 valence electrons. The molecule has 0 aromatic carbocycles. The molecule has 0 amide bonds. The van der Waals surface area contributed by atoms with Gasteiger partial charge in [-0.1, -0.05) is 0 Å². The lowest BCUT2D eigenvalue weighted by molar-refractivity contribution is -0.315. The van der Waals surface area contributed by atoms with Gasteiger partial charge in [-0.15, -0.1) is 0 Å². The van der Waals surface area contributed by atoms with Crippen LogP contribution in [0.4, 0.5) is 13.2 Å². The number of hydrogen-bond donors (Lipinski definition) is 1. The third kappa shape index (κ3) is 2.01. The van der Waals surface area contributed by atoms with Crippen molar-refractivity contribution in [3.8, 4) is 0 Å². The number of rotatable bonds is 1. The van der Waals surface area contributed by atoms with E-state index in [2.05, 4.69) is 10.1 Å². The number of carbonyl (C=O) groups is 1. The van der Waals surface area contributed by atoms with Gasteiger partial charge in [-0.25, -0.2) is 4.79 Å². The molecule has 0 saturated carbocycles. The molecule has 1 atom stereocenters. The van der Waals surface area contributed by atoms with E-state index in [1.54, 1.807) is 0 Å². The lowest BCUT2D eigenvalue weighted by Gasteiger charge is -2.49. The molecule has 2 aliphatic heterocycles. The average molecular weight is 239 g/mol. The van der Waals surface area contributed by atoms with E-state index in [0.717, 1.165) is 0 Å². The molecule has 2 heterocycles. The minimum Gasteiger partial charge on any atom is -0.428 e. The molecule has 1 N–H and O–H groups in total. The Morgan fingerprint density at radius 1 is 1.38 bits per heavy atom. The van der Waals surface area contributed by atoms with E-state index in [9.17, 15) is 18.0 Å². The Morgan fingerprint density at radius 2 is 2.00 bits per heavy atom. The molecule has 0 bridgehead atoms. The molecule has 2 aliphatic rings. The SMILES string of the molecule is O=C(OC1OCC12CCNCC2)C(F)(F)F. The second kappa shape index (κ2) is 3.89. The summed E-state index contributed by atoms with van der Waals surface area (Å²) in [5.41, 5.74) is -0.411. The Labute approximate surface area is 90.1 Å². The molecule has 7 heteroatoms.